The summed E-state index contributed by atoms with van der Waals surface area (Å²) in [4.78, 5) is 27.5. The van der Waals surface area contributed by atoms with Crippen molar-refractivity contribution in [2.75, 3.05) is 26.7 Å². The molecule has 0 aromatic rings. The van der Waals surface area contributed by atoms with Crippen molar-refractivity contribution < 1.29 is 14.7 Å². The van der Waals surface area contributed by atoms with Crippen molar-refractivity contribution >= 4 is 11.8 Å². The third kappa shape index (κ3) is 1.81. The van der Waals surface area contributed by atoms with Crippen LogP contribution in [0, 0.1) is 11.8 Å². The summed E-state index contributed by atoms with van der Waals surface area (Å²) in [5.41, 5.74) is -0.754. The number of aliphatic hydroxyl groups is 1. The Morgan fingerprint density at radius 2 is 2.11 bits per heavy atom. The van der Waals surface area contributed by atoms with Crippen LogP contribution in [0.5, 0.6) is 0 Å². The molecule has 1 saturated carbocycles. The van der Waals surface area contributed by atoms with Gasteiger partial charge in [-0.15, -0.1) is 0 Å². The Morgan fingerprint density at radius 3 is 2.67 bits per heavy atom. The third-order valence-corrected chi connectivity index (χ3v) is 4.76. The maximum absolute atomic E-state index is 12.1. The van der Waals surface area contributed by atoms with Crippen molar-refractivity contribution in [3.8, 4) is 0 Å². The highest BCUT2D eigenvalue weighted by atomic mass is 16.3. The van der Waals surface area contributed by atoms with Gasteiger partial charge < -0.3 is 14.9 Å². The van der Waals surface area contributed by atoms with E-state index in [0.29, 0.717) is 19.0 Å². The van der Waals surface area contributed by atoms with Crippen LogP contribution in [-0.4, -0.2) is 59.0 Å². The zero-order chi connectivity index (χ0) is 12.9. The summed E-state index contributed by atoms with van der Waals surface area (Å²) in [6.07, 6.45) is 2.72. The minimum Gasteiger partial charge on any atom is -0.389 e. The van der Waals surface area contributed by atoms with E-state index in [2.05, 4.69) is 0 Å². The first-order chi connectivity index (χ1) is 8.48. The lowest BCUT2D eigenvalue weighted by molar-refractivity contribution is -0.140. The molecular formula is C13H20N2O3. The molecule has 0 bridgehead atoms. The van der Waals surface area contributed by atoms with Gasteiger partial charge in [0.2, 0.25) is 11.8 Å². The number of amides is 2. The fraction of sp³-hybridized carbons (Fsp3) is 0.846. The molecule has 5 heteroatoms. The van der Waals surface area contributed by atoms with E-state index in [1.165, 1.54) is 0 Å². The van der Waals surface area contributed by atoms with Crippen LogP contribution in [0.25, 0.3) is 0 Å². The lowest BCUT2D eigenvalue weighted by atomic mass is 9.77. The maximum atomic E-state index is 12.1. The second-order valence-corrected chi connectivity index (χ2v) is 6.14. The number of carbonyl (C=O) groups is 2. The largest absolute Gasteiger partial charge is 0.389 e. The molecule has 5 nitrogen and oxygen atoms in total. The van der Waals surface area contributed by atoms with Crippen LogP contribution in [0.4, 0.5) is 0 Å². The normalized spacial score (nSPS) is 33.6. The highest BCUT2D eigenvalue weighted by Gasteiger charge is 2.47. The van der Waals surface area contributed by atoms with Crippen molar-refractivity contribution in [3.63, 3.8) is 0 Å². The number of rotatable bonds is 2. The standard InChI is InChI=1S/C13H20N2O3/c1-14-6-9-7-15(8-10(9)12(14)17)11(16)5-13(18)3-2-4-13/h9-10,18H,2-8H2,1H3/t9-,10+/m1/s1. The molecule has 100 valence electrons. The van der Waals surface area contributed by atoms with Gasteiger partial charge in [-0.3, -0.25) is 9.59 Å². The van der Waals surface area contributed by atoms with Gasteiger partial charge in [0, 0.05) is 32.6 Å². The summed E-state index contributed by atoms with van der Waals surface area (Å²) in [5, 5.41) is 10.0. The van der Waals surface area contributed by atoms with Gasteiger partial charge in [-0.2, -0.15) is 0 Å². The monoisotopic (exact) mass is 252 g/mol. The van der Waals surface area contributed by atoms with E-state index in [0.717, 1.165) is 25.8 Å². The van der Waals surface area contributed by atoms with Gasteiger partial charge in [-0.25, -0.2) is 0 Å². The molecule has 3 aliphatic rings. The Labute approximate surface area is 107 Å². The molecule has 0 radical (unpaired) electrons. The molecule has 18 heavy (non-hydrogen) atoms. The maximum Gasteiger partial charge on any atom is 0.227 e. The average Bonchev–Trinajstić information content (AvgIpc) is 2.79. The Kier molecular flexibility index (Phi) is 2.62. The van der Waals surface area contributed by atoms with Gasteiger partial charge in [0.15, 0.2) is 0 Å². The summed E-state index contributed by atoms with van der Waals surface area (Å²) in [6.45, 7) is 1.98. The summed E-state index contributed by atoms with van der Waals surface area (Å²) < 4.78 is 0. The SMILES string of the molecule is CN1C[C@@H]2CN(C(=O)CC3(O)CCC3)C[C@@H]2C1=O. The highest BCUT2D eigenvalue weighted by molar-refractivity contribution is 5.84. The van der Waals surface area contributed by atoms with Crippen molar-refractivity contribution in [1.82, 2.24) is 9.80 Å². The van der Waals surface area contributed by atoms with E-state index in [9.17, 15) is 14.7 Å². The topological polar surface area (TPSA) is 60.9 Å². The van der Waals surface area contributed by atoms with Crippen LogP contribution in [0.1, 0.15) is 25.7 Å². The van der Waals surface area contributed by atoms with E-state index in [4.69, 9.17) is 0 Å². The van der Waals surface area contributed by atoms with E-state index in [1.807, 2.05) is 7.05 Å². The Morgan fingerprint density at radius 1 is 1.39 bits per heavy atom. The molecule has 2 aliphatic heterocycles. The molecule has 0 aromatic heterocycles. The summed E-state index contributed by atoms with van der Waals surface area (Å²) in [5.74, 6) is 0.470. The zero-order valence-corrected chi connectivity index (χ0v) is 10.8. The van der Waals surface area contributed by atoms with Crippen LogP contribution in [0.3, 0.4) is 0 Å². The number of nitrogens with zero attached hydrogens (tertiary/aromatic N) is 2. The molecular weight excluding hydrogens is 232 g/mol. The van der Waals surface area contributed by atoms with Crippen LogP contribution < -0.4 is 0 Å². The lowest BCUT2D eigenvalue weighted by Gasteiger charge is -2.37. The first kappa shape index (κ1) is 12.0. The van der Waals surface area contributed by atoms with Crippen LogP contribution >= 0.6 is 0 Å². The Hall–Kier alpha value is -1.10. The van der Waals surface area contributed by atoms with Gasteiger partial charge >= 0.3 is 0 Å². The number of hydrogen-bond donors (Lipinski definition) is 1. The first-order valence-electron chi connectivity index (χ1n) is 6.74. The summed E-state index contributed by atoms with van der Waals surface area (Å²) in [6, 6.07) is 0. The van der Waals surface area contributed by atoms with Crippen LogP contribution in [0.15, 0.2) is 0 Å². The molecule has 0 unspecified atom stereocenters. The molecule has 3 fully saturated rings. The molecule has 2 amide bonds. The van der Waals surface area contributed by atoms with E-state index in [-0.39, 0.29) is 24.2 Å². The molecule has 0 spiro atoms. The van der Waals surface area contributed by atoms with E-state index >= 15 is 0 Å². The highest BCUT2D eigenvalue weighted by Crippen LogP contribution is 2.37. The fourth-order valence-electron chi connectivity index (χ4n) is 3.42. The Balaban J connectivity index is 1.60. The van der Waals surface area contributed by atoms with Crippen molar-refractivity contribution in [3.05, 3.63) is 0 Å². The second kappa shape index (κ2) is 3.95. The number of hydrogen-bond acceptors (Lipinski definition) is 3. The number of carbonyl (C=O) groups excluding carboxylic acids is 2. The quantitative estimate of drug-likeness (QED) is 0.743. The van der Waals surface area contributed by atoms with E-state index in [1.54, 1.807) is 9.80 Å². The Bertz CT molecular complexity index is 392. The number of fused-ring (bicyclic) bond motifs is 1. The molecule has 1 N–H and O–H groups in total. The van der Waals surface area contributed by atoms with Crippen molar-refractivity contribution in [2.45, 2.75) is 31.3 Å². The van der Waals surface area contributed by atoms with Crippen LogP contribution in [-0.2, 0) is 9.59 Å². The zero-order valence-electron chi connectivity index (χ0n) is 10.8. The fourth-order valence-corrected chi connectivity index (χ4v) is 3.42. The predicted molar refractivity (Wildman–Crippen MR) is 64.6 cm³/mol. The summed E-state index contributed by atoms with van der Waals surface area (Å²) >= 11 is 0. The van der Waals surface area contributed by atoms with Gasteiger partial charge in [-0.1, -0.05) is 0 Å². The van der Waals surface area contributed by atoms with Gasteiger partial charge in [0.05, 0.1) is 17.9 Å². The van der Waals surface area contributed by atoms with Crippen molar-refractivity contribution in [1.29, 1.82) is 0 Å². The van der Waals surface area contributed by atoms with Gasteiger partial charge in [0.25, 0.3) is 0 Å². The van der Waals surface area contributed by atoms with E-state index < -0.39 is 5.60 Å². The molecule has 2 saturated heterocycles. The minimum atomic E-state index is -0.754. The third-order valence-electron chi connectivity index (χ3n) is 4.76. The smallest absolute Gasteiger partial charge is 0.227 e. The predicted octanol–water partition coefficient (Wildman–Crippen LogP) is -0.162. The second-order valence-electron chi connectivity index (χ2n) is 6.14. The average molecular weight is 252 g/mol. The molecule has 1 aliphatic carbocycles. The minimum absolute atomic E-state index is 0.00464. The molecule has 0 aromatic carbocycles. The molecule has 3 rings (SSSR count). The van der Waals surface area contributed by atoms with Gasteiger partial charge in [0.1, 0.15) is 0 Å². The summed E-state index contributed by atoms with van der Waals surface area (Å²) in [7, 11) is 1.82. The molecule has 2 heterocycles. The molecule has 2 atom stereocenters. The first-order valence-corrected chi connectivity index (χ1v) is 6.74. The van der Waals surface area contributed by atoms with Crippen molar-refractivity contribution in [2.24, 2.45) is 11.8 Å². The van der Waals surface area contributed by atoms with Gasteiger partial charge in [-0.05, 0) is 19.3 Å². The number of likely N-dealkylation sites (tertiary alicyclic amines) is 2. The lowest BCUT2D eigenvalue weighted by Crippen LogP contribution is -2.44. The van der Waals surface area contributed by atoms with Crippen LogP contribution in [0.2, 0.25) is 0 Å².